The van der Waals surface area contributed by atoms with Crippen molar-refractivity contribution < 1.29 is 4.42 Å². The summed E-state index contributed by atoms with van der Waals surface area (Å²) in [4.78, 5) is 0. The fourth-order valence-electron chi connectivity index (χ4n) is 1.49. The van der Waals surface area contributed by atoms with Crippen molar-refractivity contribution in [3.05, 3.63) is 5.89 Å². The number of aromatic nitrogens is 2. The lowest BCUT2D eigenvalue weighted by atomic mass is 9.84. The molecule has 0 aliphatic rings. The van der Waals surface area contributed by atoms with Gasteiger partial charge in [0, 0.05) is 6.42 Å². The van der Waals surface area contributed by atoms with Crippen LogP contribution in [-0.4, -0.2) is 10.2 Å². The molecule has 0 radical (unpaired) electrons. The van der Waals surface area contributed by atoms with Crippen LogP contribution in [0.25, 0.3) is 0 Å². The molecule has 14 heavy (non-hydrogen) atoms. The Bertz CT molecular complexity index is 281. The Morgan fingerprint density at radius 2 is 2.07 bits per heavy atom. The van der Waals surface area contributed by atoms with E-state index in [1.54, 1.807) is 0 Å². The zero-order chi connectivity index (χ0) is 10.6. The molecule has 4 heteroatoms. The van der Waals surface area contributed by atoms with E-state index >= 15 is 0 Å². The number of unbranched alkanes of at least 4 members (excludes halogenated alkanes) is 1. The lowest BCUT2D eigenvalue weighted by Gasteiger charge is -2.21. The topological polar surface area (TPSA) is 64.9 Å². The summed E-state index contributed by atoms with van der Waals surface area (Å²) in [5.41, 5.74) is 5.57. The van der Waals surface area contributed by atoms with Crippen molar-refractivity contribution in [2.75, 3.05) is 5.73 Å². The largest absolute Gasteiger partial charge is 0.408 e. The van der Waals surface area contributed by atoms with Crippen molar-refractivity contribution in [2.24, 2.45) is 5.41 Å². The van der Waals surface area contributed by atoms with Crippen LogP contribution in [0.3, 0.4) is 0 Å². The first-order chi connectivity index (χ1) is 6.53. The average molecular weight is 197 g/mol. The molecule has 0 aliphatic carbocycles. The van der Waals surface area contributed by atoms with E-state index in [9.17, 15) is 0 Å². The quantitative estimate of drug-likeness (QED) is 0.787. The van der Waals surface area contributed by atoms with Gasteiger partial charge in [0.15, 0.2) is 0 Å². The predicted octanol–water partition coefficient (Wildman–Crippen LogP) is 2.41. The monoisotopic (exact) mass is 197 g/mol. The van der Waals surface area contributed by atoms with E-state index in [4.69, 9.17) is 10.2 Å². The standard InChI is InChI=1S/C10H19N3O/c1-4-5-6-10(2,3)7-8-12-13-9(11)14-8/h4-7H2,1-3H3,(H2,11,13). The molecule has 0 unspecified atom stereocenters. The van der Waals surface area contributed by atoms with E-state index < -0.39 is 0 Å². The van der Waals surface area contributed by atoms with Gasteiger partial charge in [-0.15, -0.1) is 5.10 Å². The molecule has 1 rings (SSSR count). The first kappa shape index (κ1) is 11.0. The van der Waals surface area contributed by atoms with Crippen LogP contribution < -0.4 is 5.73 Å². The fourth-order valence-corrected chi connectivity index (χ4v) is 1.49. The third-order valence-electron chi connectivity index (χ3n) is 2.32. The minimum Gasteiger partial charge on any atom is -0.408 e. The van der Waals surface area contributed by atoms with Gasteiger partial charge in [-0.25, -0.2) is 0 Å². The van der Waals surface area contributed by atoms with Crippen LogP contribution in [0.2, 0.25) is 0 Å². The van der Waals surface area contributed by atoms with Gasteiger partial charge in [-0.2, -0.15) is 0 Å². The maximum Gasteiger partial charge on any atom is 0.312 e. The van der Waals surface area contributed by atoms with Crippen molar-refractivity contribution >= 4 is 6.01 Å². The number of anilines is 1. The second kappa shape index (κ2) is 4.44. The lowest BCUT2D eigenvalue weighted by molar-refractivity contribution is 0.292. The van der Waals surface area contributed by atoms with Crippen LogP contribution in [0, 0.1) is 5.41 Å². The van der Waals surface area contributed by atoms with Crippen molar-refractivity contribution in [1.82, 2.24) is 10.2 Å². The summed E-state index contributed by atoms with van der Waals surface area (Å²) in [6.45, 7) is 6.62. The average Bonchev–Trinajstić information content (AvgIpc) is 2.47. The molecule has 1 aromatic rings. The highest BCUT2D eigenvalue weighted by Gasteiger charge is 2.20. The highest BCUT2D eigenvalue weighted by atomic mass is 16.4. The Kier molecular flexibility index (Phi) is 3.49. The van der Waals surface area contributed by atoms with Gasteiger partial charge in [0.25, 0.3) is 0 Å². The lowest BCUT2D eigenvalue weighted by Crippen LogP contribution is -2.15. The van der Waals surface area contributed by atoms with Crippen LogP contribution in [0.5, 0.6) is 0 Å². The van der Waals surface area contributed by atoms with Crippen molar-refractivity contribution in [1.29, 1.82) is 0 Å². The smallest absolute Gasteiger partial charge is 0.312 e. The van der Waals surface area contributed by atoms with E-state index in [1.807, 2.05) is 0 Å². The van der Waals surface area contributed by atoms with E-state index in [0.29, 0.717) is 5.89 Å². The molecule has 1 heterocycles. The van der Waals surface area contributed by atoms with E-state index in [2.05, 4.69) is 31.0 Å². The molecule has 80 valence electrons. The minimum atomic E-state index is 0.159. The van der Waals surface area contributed by atoms with Crippen molar-refractivity contribution in [3.63, 3.8) is 0 Å². The van der Waals surface area contributed by atoms with E-state index in [-0.39, 0.29) is 11.4 Å². The number of nitrogens with two attached hydrogens (primary N) is 1. The molecule has 2 N–H and O–H groups in total. The molecule has 0 amide bonds. The van der Waals surface area contributed by atoms with Gasteiger partial charge >= 0.3 is 6.01 Å². The minimum absolute atomic E-state index is 0.159. The highest BCUT2D eigenvalue weighted by Crippen LogP contribution is 2.27. The molecule has 0 saturated carbocycles. The Morgan fingerprint density at radius 1 is 1.36 bits per heavy atom. The summed E-state index contributed by atoms with van der Waals surface area (Å²) < 4.78 is 5.15. The number of nitrogens with zero attached hydrogens (tertiary/aromatic N) is 2. The fraction of sp³-hybridized carbons (Fsp3) is 0.800. The SMILES string of the molecule is CCCCC(C)(C)Cc1nnc(N)o1. The van der Waals surface area contributed by atoms with Crippen LogP contribution in [0.1, 0.15) is 45.9 Å². The molecule has 0 saturated heterocycles. The molecular formula is C10H19N3O. The number of nitrogen functional groups attached to an aromatic ring is 1. The Balaban J connectivity index is 2.49. The van der Waals surface area contributed by atoms with Gasteiger partial charge in [0.1, 0.15) is 0 Å². The Morgan fingerprint density at radius 3 is 2.57 bits per heavy atom. The summed E-state index contributed by atoms with van der Waals surface area (Å²) in [6.07, 6.45) is 4.43. The molecule has 0 fully saturated rings. The van der Waals surface area contributed by atoms with Crippen LogP contribution in [-0.2, 0) is 6.42 Å². The predicted molar refractivity (Wildman–Crippen MR) is 55.7 cm³/mol. The summed E-state index contributed by atoms with van der Waals surface area (Å²) in [6, 6.07) is 0.159. The van der Waals surface area contributed by atoms with Crippen LogP contribution in [0.4, 0.5) is 6.01 Å². The number of hydrogen-bond acceptors (Lipinski definition) is 4. The molecule has 0 aliphatic heterocycles. The van der Waals surface area contributed by atoms with E-state index in [0.717, 1.165) is 6.42 Å². The number of rotatable bonds is 5. The molecule has 0 spiro atoms. The van der Waals surface area contributed by atoms with Gasteiger partial charge in [-0.05, 0) is 11.8 Å². The highest BCUT2D eigenvalue weighted by molar-refractivity contribution is 5.05. The summed E-state index contributed by atoms with van der Waals surface area (Å²) in [5, 5.41) is 7.51. The van der Waals surface area contributed by atoms with Gasteiger partial charge < -0.3 is 10.2 Å². The summed E-state index contributed by atoms with van der Waals surface area (Å²) >= 11 is 0. The van der Waals surface area contributed by atoms with Crippen LogP contribution in [0.15, 0.2) is 4.42 Å². The van der Waals surface area contributed by atoms with E-state index in [1.165, 1.54) is 19.3 Å². The maximum absolute atomic E-state index is 5.36. The summed E-state index contributed by atoms with van der Waals surface area (Å²) in [7, 11) is 0. The molecule has 1 aromatic heterocycles. The second-order valence-electron chi connectivity index (χ2n) is 4.48. The number of hydrogen-bond donors (Lipinski definition) is 1. The van der Waals surface area contributed by atoms with Gasteiger partial charge in [-0.3, -0.25) is 0 Å². The normalized spacial score (nSPS) is 11.9. The third kappa shape index (κ3) is 3.36. The molecule has 0 atom stereocenters. The zero-order valence-electron chi connectivity index (χ0n) is 9.21. The van der Waals surface area contributed by atoms with Gasteiger partial charge in [0.2, 0.25) is 5.89 Å². The first-order valence-corrected chi connectivity index (χ1v) is 5.11. The second-order valence-corrected chi connectivity index (χ2v) is 4.48. The third-order valence-corrected chi connectivity index (χ3v) is 2.32. The summed E-state index contributed by atoms with van der Waals surface area (Å²) in [5.74, 6) is 0.642. The van der Waals surface area contributed by atoms with Gasteiger partial charge in [-0.1, -0.05) is 38.7 Å². The first-order valence-electron chi connectivity index (χ1n) is 5.11. The molecular weight excluding hydrogens is 178 g/mol. The van der Waals surface area contributed by atoms with Gasteiger partial charge in [0.05, 0.1) is 0 Å². The Hall–Kier alpha value is -1.06. The van der Waals surface area contributed by atoms with Crippen molar-refractivity contribution in [3.8, 4) is 0 Å². The zero-order valence-corrected chi connectivity index (χ0v) is 9.21. The van der Waals surface area contributed by atoms with Crippen LogP contribution >= 0.6 is 0 Å². The Labute approximate surface area is 84.9 Å². The molecule has 0 aromatic carbocycles. The molecule has 0 bridgehead atoms. The maximum atomic E-state index is 5.36. The van der Waals surface area contributed by atoms with Crippen molar-refractivity contribution in [2.45, 2.75) is 46.5 Å². The molecule has 4 nitrogen and oxygen atoms in total.